The number of imidazole rings is 1. The normalized spacial score (nSPS) is 13.2. The van der Waals surface area contributed by atoms with Crippen LogP contribution in [0.15, 0.2) is 15.9 Å². The molecule has 0 atom stereocenters. The number of rotatable bonds is 2. The number of hydrogen-bond donors (Lipinski definition) is 0. The van der Waals surface area contributed by atoms with Gasteiger partial charge < -0.3 is 8.80 Å². The van der Waals surface area contributed by atoms with Crippen molar-refractivity contribution in [1.29, 1.82) is 0 Å². The van der Waals surface area contributed by atoms with E-state index in [1.54, 1.807) is 22.2 Å². The van der Waals surface area contributed by atoms with Crippen molar-refractivity contribution in [2.75, 3.05) is 0 Å². The summed E-state index contributed by atoms with van der Waals surface area (Å²) < 4.78 is 4.96. The van der Waals surface area contributed by atoms with Gasteiger partial charge in [-0.25, -0.2) is 9.78 Å². The minimum atomic E-state index is -2.09. The van der Waals surface area contributed by atoms with E-state index in [0.29, 0.717) is 11.2 Å². The maximum absolute atomic E-state index is 12.9. The Hall–Kier alpha value is -1.42. The molecule has 0 aromatic carbocycles. The highest BCUT2D eigenvalue weighted by atomic mass is 28.3. The summed E-state index contributed by atoms with van der Waals surface area (Å²) in [6.45, 7) is 12.3. The van der Waals surface area contributed by atoms with Crippen molar-refractivity contribution in [2.24, 2.45) is 7.05 Å². The molecule has 2 aromatic rings. The summed E-state index contributed by atoms with van der Waals surface area (Å²) in [7, 11) is -2.27. The molecule has 0 radical (unpaired) electrons. The van der Waals surface area contributed by atoms with E-state index in [0.717, 1.165) is 0 Å². The van der Waals surface area contributed by atoms with Gasteiger partial charge in [0.15, 0.2) is 27.6 Å². The topological polar surface area (TPSA) is 61.8 Å². The number of aryl methyl sites for hydroxylation is 1. The Kier molecular flexibility index (Phi) is 3.21. The summed E-state index contributed by atoms with van der Waals surface area (Å²) in [5.74, 6) is 0. The Bertz CT molecular complexity index is 787. The van der Waals surface area contributed by atoms with Crippen LogP contribution in [0, 0.1) is 0 Å². The molecule has 0 aliphatic rings. The lowest BCUT2D eigenvalue weighted by Crippen LogP contribution is -2.56. The van der Waals surface area contributed by atoms with Gasteiger partial charge in [0.25, 0.3) is 5.56 Å². The van der Waals surface area contributed by atoms with Crippen LogP contribution in [0.1, 0.15) is 0 Å². The molecule has 0 bridgehead atoms. The Morgan fingerprint density at radius 3 is 1.90 bits per heavy atom. The first kappa shape index (κ1) is 15.0. The van der Waals surface area contributed by atoms with Gasteiger partial charge in [0.2, 0.25) is 0 Å². The molecular weight excluding hydrogens is 288 g/mol. The molecule has 110 valence electrons. The summed E-state index contributed by atoms with van der Waals surface area (Å²) in [4.78, 5) is 29.8. The minimum Gasteiger partial charge on any atom is -0.328 e. The SMILES string of the molecule is Cn1cnc2c1c(=O)n([Si](C)(C)C)c(=O)n2[Si](C)(C)C. The van der Waals surface area contributed by atoms with Crippen LogP contribution in [0.25, 0.3) is 11.2 Å². The first-order valence-electron chi connectivity index (χ1n) is 6.66. The maximum atomic E-state index is 12.9. The molecule has 20 heavy (non-hydrogen) atoms. The van der Waals surface area contributed by atoms with Crippen LogP contribution in [-0.4, -0.2) is 34.5 Å². The maximum Gasteiger partial charge on any atom is 0.316 e. The van der Waals surface area contributed by atoms with Gasteiger partial charge in [-0.05, 0) is 0 Å². The van der Waals surface area contributed by atoms with E-state index in [1.807, 2.05) is 19.6 Å². The van der Waals surface area contributed by atoms with Crippen LogP contribution in [0.4, 0.5) is 0 Å². The van der Waals surface area contributed by atoms with Gasteiger partial charge in [-0.1, -0.05) is 39.3 Å². The van der Waals surface area contributed by atoms with Crippen molar-refractivity contribution in [3.05, 3.63) is 27.2 Å². The van der Waals surface area contributed by atoms with E-state index in [1.165, 1.54) is 4.23 Å². The second-order valence-corrected chi connectivity index (χ2v) is 16.7. The average Bonchev–Trinajstić information content (AvgIpc) is 2.56. The Balaban J connectivity index is 3.16. The molecule has 0 N–H and O–H groups in total. The summed E-state index contributed by atoms with van der Waals surface area (Å²) in [5.41, 5.74) is 0.642. The molecule has 2 rings (SSSR count). The minimum absolute atomic E-state index is 0.195. The van der Waals surface area contributed by atoms with Crippen LogP contribution < -0.4 is 11.2 Å². The molecule has 8 heteroatoms. The van der Waals surface area contributed by atoms with Crippen molar-refractivity contribution >= 4 is 27.6 Å². The van der Waals surface area contributed by atoms with Crippen molar-refractivity contribution in [3.8, 4) is 0 Å². The lowest BCUT2D eigenvalue weighted by atomic mass is 10.5. The van der Waals surface area contributed by atoms with Crippen LogP contribution in [0.2, 0.25) is 39.3 Å². The standard InChI is InChI=1S/C12H22N4O2Si2/c1-14-8-13-10-9(14)11(17)16(20(5,6)7)12(18)15(10)19(2,3)4/h8H,1-7H3. The largest absolute Gasteiger partial charge is 0.328 e. The second-order valence-electron chi connectivity index (χ2n) is 7.13. The Labute approximate surface area is 119 Å². The zero-order chi connectivity index (χ0) is 15.5. The van der Waals surface area contributed by atoms with Gasteiger partial charge in [-0.2, -0.15) is 0 Å². The van der Waals surface area contributed by atoms with Gasteiger partial charge in [0.05, 0.1) is 6.33 Å². The highest BCUT2D eigenvalue weighted by Gasteiger charge is 2.30. The van der Waals surface area contributed by atoms with Crippen molar-refractivity contribution in [1.82, 2.24) is 18.0 Å². The van der Waals surface area contributed by atoms with E-state index < -0.39 is 16.5 Å². The summed E-state index contributed by atoms with van der Waals surface area (Å²) in [6, 6.07) is 0. The molecule has 6 nitrogen and oxygen atoms in total. The van der Waals surface area contributed by atoms with Gasteiger partial charge >= 0.3 is 5.69 Å². The van der Waals surface area contributed by atoms with Gasteiger partial charge in [-0.15, -0.1) is 0 Å². The van der Waals surface area contributed by atoms with Gasteiger partial charge in [-0.3, -0.25) is 9.03 Å². The highest BCUT2D eigenvalue weighted by molar-refractivity contribution is 6.76. The number of aromatic nitrogens is 4. The van der Waals surface area contributed by atoms with Gasteiger partial charge in [0.1, 0.15) is 0 Å². The van der Waals surface area contributed by atoms with Crippen LogP contribution in [0.5, 0.6) is 0 Å². The van der Waals surface area contributed by atoms with Crippen LogP contribution in [-0.2, 0) is 7.05 Å². The lowest BCUT2D eigenvalue weighted by Gasteiger charge is -2.26. The molecular formula is C12H22N4O2Si2. The van der Waals surface area contributed by atoms with Gasteiger partial charge in [0, 0.05) is 7.05 Å². The third-order valence-corrected chi connectivity index (χ3v) is 6.74. The summed E-state index contributed by atoms with van der Waals surface area (Å²) in [6.07, 6.45) is 1.61. The third kappa shape index (κ3) is 2.12. The van der Waals surface area contributed by atoms with E-state index in [2.05, 4.69) is 24.6 Å². The molecule has 2 aromatic heterocycles. The van der Waals surface area contributed by atoms with E-state index >= 15 is 0 Å². The van der Waals surface area contributed by atoms with Crippen molar-refractivity contribution in [2.45, 2.75) is 39.3 Å². The van der Waals surface area contributed by atoms with Crippen molar-refractivity contribution in [3.63, 3.8) is 0 Å². The fourth-order valence-electron chi connectivity index (χ4n) is 2.41. The van der Waals surface area contributed by atoms with Crippen LogP contribution in [0.3, 0.4) is 0 Å². The Morgan fingerprint density at radius 2 is 1.45 bits per heavy atom. The molecule has 0 saturated heterocycles. The first-order chi connectivity index (χ1) is 8.96. The predicted molar refractivity (Wildman–Crippen MR) is 86.7 cm³/mol. The Morgan fingerprint density at radius 1 is 0.950 bits per heavy atom. The predicted octanol–water partition coefficient (Wildman–Crippen LogP) is 1.26. The molecule has 0 aliphatic carbocycles. The molecule has 2 heterocycles. The highest BCUT2D eigenvalue weighted by Crippen LogP contribution is 2.13. The zero-order valence-corrected chi connectivity index (χ0v) is 15.2. The fraction of sp³-hybridized carbons (Fsp3) is 0.583. The average molecular weight is 311 g/mol. The van der Waals surface area contributed by atoms with Crippen LogP contribution >= 0.6 is 0 Å². The monoisotopic (exact) mass is 310 g/mol. The fourth-order valence-corrected chi connectivity index (χ4v) is 5.37. The van der Waals surface area contributed by atoms with E-state index in [9.17, 15) is 9.59 Å². The quantitative estimate of drug-likeness (QED) is 0.785. The molecule has 0 fully saturated rings. The zero-order valence-electron chi connectivity index (χ0n) is 13.2. The molecule has 0 amide bonds. The van der Waals surface area contributed by atoms with Crippen molar-refractivity contribution < 1.29 is 0 Å². The van der Waals surface area contributed by atoms with E-state index in [4.69, 9.17) is 0 Å². The number of nitrogens with zero attached hydrogens (tertiary/aromatic N) is 4. The molecule has 0 spiro atoms. The molecule has 0 saturated carbocycles. The summed E-state index contributed by atoms with van der Waals surface area (Å²) >= 11 is 0. The molecule has 0 unspecified atom stereocenters. The third-order valence-electron chi connectivity index (χ3n) is 3.26. The first-order valence-corrected chi connectivity index (χ1v) is 13.6. The molecule has 0 aliphatic heterocycles. The lowest BCUT2D eigenvalue weighted by molar-refractivity contribution is 0.872. The smallest absolute Gasteiger partial charge is 0.316 e. The number of fused-ring (bicyclic) bond motifs is 1. The summed E-state index contributed by atoms with van der Waals surface area (Å²) in [5, 5.41) is 0. The second kappa shape index (κ2) is 4.29. The van der Waals surface area contributed by atoms with E-state index in [-0.39, 0.29) is 11.2 Å². The number of hydrogen-bond acceptors (Lipinski definition) is 3.